The van der Waals surface area contributed by atoms with E-state index in [2.05, 4.69) is 36.1 Å². The van der Waals surface area contributed by atoms with Gasteiger partial charge in [0.15, 0.2) is 5.96 Å². The van der Waals surface area contributed by atoms with Crippen LogP contribution < -0.4 is 10.1 Å². The Labute approximate surface area is 154 Å². The van der Waals surface area contributed by atoms with Crippen LogP contribution in [0, 0.1) is 5.82 Å². The van der Waals surface area contributed by atoms with Crippen LogP contribution in [0.2, 0.25) is 0 Å². The Morgan fingerprint density at radius 3 is 2.58 bits per heavy atom. The number of aliphatic imine (C=N–C) groups is 1. The number of hydrogen-bond donors (Lipinski definition) is 1. The first-order chi connectivity index (χ1) is 12.3. The molecule has 2 aromatic rings. The number of rotatable bonds is 6. The smallest absolute Gasteiger partial charge is 0.213 e. The maximum Gasteiger partial charge on any atom is 0.213 e. The number of nitrogens with zero attached hydrogens (tertiary/aromatic N) is 3. The molecule has 0 aliphatic carbocycles. The average molecular weight is 362 g/mol. The van der Waals surface area contributed by atoms with Gasteiger partial charge in [-0.05, 0) is 24.3 Å². The molecule has 26 heavy (non-hydrogen) atoms. The number of ether oxygens (including phenoxy) is 1. The molecule has 1 aromatic carbocycles. The van der Waals surface area contributed by atoms with Crippen molar-refractivity contribution in [3.63, 3.8) is 0 Å². The fraction of sp³-hybridized carbons (Fsp3) is 0.474. The number of halogens is 1. The Morgan fingerprint density at radius 1 is 1.31 bits per heavy atom. The van der Waals surface area contributed by atoms with Crippen LogP contribution in [-0.4, -0.2) is 43.1 Å². The third-order valence-corrected chi connectivity index (χ3v) is 3.77. The van der Waals surface area contributed by atoms with Crippen molar-refractivity contribution in [2.75, 3.05) is 27.2 Å². The monoisotopic (exact) mass is 362 g/mol. The molecule has 0 unspecified atom stereocenters. The fourth-order valence-electron chi connectivity index (χ4n) is 2.22. The number of likely N-dealkylation sites (N-methyl/N-ethyl adjacent to an activating group) is 1. The van der Waals surface area contributed by atoms with Crippen molar-refractivity contribution in [1.82, 2.24) is 15.2 Å². The summed E-state index contributed by atoms with van der Waals surface area (Å²) in [6.45, 7) is 7.77. The number of aromatic nitrogens is 1. The van der Waals surface area contributed by atoms with Crippen LogP contribution >= 0.6 is 0 Å². The van der Waals surface area contributed by atoms with E-state index in [-0.39, 0.29) is 11.2 Å². The molecule has 1 N–H and O–H groups in total. The Bertz CT molecular complexity index is 720. The second-order valence-electron chi connectivity index (χ2n) is 6.99. The van der Waals surface area contributed by atoms with Crippen molar-refractivity contribution >= 4 is 5.96 Å². The summed E-state index contributed by atoms with van der Waals surface area (Å²) in [5, 5.41) is 3.22. The van der Waals surface area contributed by atoms with E-state index in [1.807, 2.05) is 11.9 Å². The number of benzene rings is 1. The molecular formula is C19H27FN4O2. The molecule has 0 aliphatic rings. The van der Waals surface area contributed by atoms with Crippen molar-refractivity contribution in [2.24, 2.45) is 4.99 Å². The van der Waals surface area contributed by atoms with Gasteiger partial charge in [-0.15, -0.1) is 0 Å². The molecule has 1 aromatic heterocycles. The third-order valence-electron chi connectivity index (χ3n) is 3.77. The van der Waals surface area contributed by atoms with Crippen molar-refractivity contribution < 1.29 is 13.5 Å². The van der Waals surface area contributed by atoms with Gasteiger partial charge in [-0.1, -0.05) is 20.8 Å². The molecule has 0 fully saturated rings. The number of hydrogen-bond acceptors (Lipinski definition) is 4. The lowest BCUT2D eigenvalue weighted by atomic mass is 9.94. The molecule has 142 valence electrons. The predicted molar refractivity (Wildman–Crippen MR) is 99.9 cm³/mol. The van der Waals surface area contributed by atoms with Crippen molar-refractivity contribution in [3.05, 3.63) is 47.9 Å². The van der Waals surface area contributed by atoms with Crippen molar-refractivity contribution in [3.8, 4) is 5.75 Å². The van der Waals surface area contributed by atoms with E-state index in [0.717, 1.165) is 5.76 Å². The Balaban J connectivity index is 1.80. The SMILES string of the molecule is CN=C(NCc1ncc(C(C)(C)C)o1)N(C)CCOc1ccc(F)cc1. The first-order valence-corrected chi connectivity index (χ1v) is 8.55. The summed E-state index contributed by atoms with van der Waals surface area (Å²) in [5.41, 5.74) is -0.0680. The molecule has 7 heteroatoms. The van der Waals surface area contributed by atoms with Gasteiger partial charge in [-0.3, -0.25) is 4.99 Å². The summed E-state index contributed by atoms with van der Waals surface area (Å²) in [4.78, 5) is 10.5. The quantitative estimate of drug-likeness (QED) is 0.632. The maximum atomic E-state index is 12.9. The molecule has 0 radical (unpaired) electrons. The van der Waals surface area contributed by atoms with Gasteiger partial charge in [0, 0.05) is 19.5 Å². The highest BCUT2D eigenvalue weighted by atomic mass is 19.1. The minimum absolute atomic E-state index is 0.0680. The zero-order valence-electron chi connectivity index (χ0n) is 16.0. The van der Waals surface area contributed by atoms with Gasteiger partial charge in [-0.2, -0.15) is 0 Å². The zero-order chi connectivity index (χ0) is 19.2. The van der Waals surface area contributed by atoms with Crippen molar-refractivity contribution in [2.45, 2.75) is 32.7 Å². The number of oxazole rings is 1. The summed E-state index contributed by atoms with van der Waals surface area (Å²) in [6.07, 6.45) is 1.76. The van der Waals surface area contributed by atoms with E-state index in [0.29, 0.717) is 37.3 Å². The van der Waals surface area contributed by atoms with Gasteiger partial charge < -0.3 is 19.4 Å². The van der Waals surface area contributed by atoms with E-state index < -0.39 is 0 Å². The van der Waals surface area contributed by atoms with E-state index in [9.17, 15) is 4.39 Å². The largest absolute Gasteiger partial charge is 0.492 e. The highest BCUT2D eigenvalue weighted by Crippen LogP contribution is 2.22. The molecule has 1 heterocycles. The molecule has 2 rings (SSSR count). The van der Waals surface area contributed by atoms with Crippen LogP contribution in [0.15, 0.2) is 39.9 Å². The summed E-state index contributed by atoms with van der Waals surface area (Å²) in [6, 6.07) is 5.97. The lowest BCUT2D eigenvalue weighted by molar-refractivity contribution is 0.280. The Morgan fingerprint density at radius 2 is 2.00 bits per heavy atom. The maximum absolute atomic E-state index is 12.9. The topological polar surface area (TPSA) is 62.9 Å². The zero-order valence-corrected chi connectivity index (χ0v) is 16.0. The van der Waals surface area contributed by atoms with Crippen LogP contribution in [-0.2, 0) is 12.0 Å². The minimum Gasteiger partial charge on any atom is -0.492 e. The van der Waals surface area contributed by atoms with E-state index in [1.165, 1.54) is 12.1 Å². The molecule has 0 amide bonds. The molecule has 0 aliphatic heterocycles. The standard InChI is InChI=1S/C19H27FN4O2/c1-19(2,3)16-12-22-17(26-16)13-23-18(21-4)24(5)10-11-25-15-8-6-14(20)7-9-15/h6-9,12H,10-11,13H2,1-5H3,(H,21,23). The molecule has 0 saturated heterocycles. The van der Waals surface area contributed by atoms with Crippen molar-refractivity contribution in [1.29, 1.82) is 0 Å². The fourth-order valence-corrected chi connectivity index (χ4v) is 2.22. The Kier molecular flexibility index (Phi) is 6.60. The van der Waals surface area contributed by atoms with Gasteiger partial charge in [0.25, 0.3) is 0 Å². The first-order valence-electron chi connectivity index (χ1n) is 8.55. The molecule has 6 nitrogen and oxygen atoms in total. The molecule has 0 spiro atoms. The first kappa shape index (κ1) is 19.8. The molecular weight excluding hydrogens is 335 g/mol. The Hall–Kier alpha value is -2.57. The number of nitrogens with one attached hydrogen (secondary N) is 1. The summed E-state index contributed by atoms with van der Waals surface area (Å²) >= 11 is 0. The summed E-state index contributed by atoms with van der Waals surface area (Å²) < 4.78 is 24.3. The predicted octanol–water partition coefficient (Wildman–Crippen LogP) is 3.20. The van der Waals surface area contributed by atoms with Gasteiger partial charge in [0.2, 0.25) is 5.89 Å². The number of guanidine groups is 1. The van der Waals surface area contributed by atoms with E-state index in [1.54, 1.807) is 25.4 Å². The minimum atomic E-state index is -0.278. The van der Waals surface area contributed by atoms with Crippen LogP contribution in [0.25, 0.3) is 0 Å². The molecule has 0 saturated carbocycles. The lowest BCUT2D eigenvalue weighted by Gasteiger charge is -2.21. The lowest BCUT2D eigenvalue weighted by Crippen LogP contribution is -2.40. The average Bonchev–Trinajstić information content (AvgIpc) is 3.06. The van der Waals surface area contributed by atoms with Crippen LogP contribution in [0.4, 0.5) is 4.39 Å². The summed E-state index contributed by atoms with van der Waals surface area (Å²) in [5.74, 6) is 2.54. The second kappa shape index (κ2) is 8.69. The van der Waals surface area contributed by atoms with E-state index in [4.69, 9.17) is 9.15 Å². The summed E-state index contributed by atoms with van der Waals surface area (Å²) in [7, 11) is 3.63. The highest BCUT2D eigenvalue weighted by Gasteiger charge is 2.19. The normalized spacial score (nSPS) is 12.2. The van der Waals surface area contributed by atoms with Crippen LogP contribution in [0.5, 0.6) is 5.75 Å². The molecule has 0 bridgehead atoms. The van der Waals surface area contributed by atoms with Crippen LogP contribution in [0.1, 0.15) is 32.4 Å². The highest BCUT2D eigenvalue weighted by molar-refractivity contribution is 5.79. The second-order valence-corrected chi connectivity index (χ2v) is 6.99. The van der Waals surface area contributed by atoms with Crippen LogP contribution in [0.3, 0.4) is 0 Å². The van der Waals surface area contributed by atoms with Gasteiger partial charge in [0.05, 0.1) is 19.3 Å². The van der Waals surface area contributed by atoms with Gasteiger partial charge >= 0.3 is 0 Å². The molecule has 0 atom stereocenters. The van der Waals surface area contributed by atoms with Gasteiger partial charge in [-0.25, -0.2) is 9.37 Å². The van der Waals surface area contributed by atoms with Gasteiger partial charge in [0.1, 0.15) is 23.9 Å². The van der Waals surface area contributed by atoms with E-state index >= 15 is 0 Å². The third kappa shape index (κ3) is 5.75.